The van der Waals surface area contributed by atoms with Gasteiger partial charge >= 0.3 is 0 Å². The molecule has 2 fully saturated rings. The van der Waals surface area contributed by atoms with Crippen LogP contribution in [0.25, 0.3) is 0 Å². The molecule has 5 heteroatoms. The molecule has 1 saturated heterocycles. The van der Waals surface area contributed by atoms with Crippen LogP contribution in [0, 0.1) is 0 Å². The quantitative estimate of drug-likeness (QED) is 0.816. The van der Waals surface area contributed by atoms with Crippen molar-refractivity contribution >= 4 is 17.5 Å². The summed E-state index contributed by atoms with van der Waals surface area (Å²) in [5, 5.41) is 0.486. The predicted octanol–water partition coefficient (Wildman–Crippen LogP) is 1.66. The molecule has 1 amide bonds. The van der Waals surface area contributed by atoms with E-state index in [-0.39, 0.29) is 5.91 Å². The van der Waals surface area contributed by atoms with Crippen molar-refractivity contribution in [3.05, 3.63) is 29.0 Å². The lowest BCUT2D eigenvalue weighted by Crippen LogP contribution is -2.49. The van der Waals surface area contributed by atoms with E-state index in [2.05, 4.69) is 9.88 Å². The number of nitrogens with zero attached hydrogens (tertiary/aromatic N) is 3. The van der Waals surface area contributed by atoms with Gasteiger partial charge in [-0.3, -0.25) is 14.7 Å². The molecule has 0 bridgehead atoms. The highest BCUT2D eigenvalue weighted by molar-refractivity contribution is 6.33. The molecule has 0 unspecified atom stereocenters. The molecule has 2 heterocycles. The Morgan fingerprint density at radius 1 is 1.28 bits per heavy atom. The standard InChI is InChI=1S/C13H16ClN3O/c14-12-3-4-15-9-11(12)13(18)17-7-5-16(6-8-17)10-1-2-10/h3-4,9-10H,1-2,5-8H2. The first-order chi connectivity index (χ1) is 8.75. The van der Waals surface area contributed by atoms with E-state index in [1.807, 2.05) is 4.90 Å². The number of hydrogen-bond donors (Lipinski definition) is 0. The van der Waals surface area contributed by atoms with Gasteiger partial charge in [0.1, 0.15) is 0 Å². The van der Waals surface area contributed by atoms with Gasteiger partial charge in [0, 0.05) is 44.6 Å². The van der Waals surface area contributed by atoms with E-state index in [4.69, 9.17) is 11.6 Å². The van der Waals surface area contributed by atoms with Gasteiger partial charge in [0.25, 0.3) is 5.91 Å². The zero-order valence-corrected chi connectivity index (χ0v) is 10.9. The van der Waals surface area contributed by atoms with Crippen molar-refractivity contribution in [1.29, 1.82) is 0 Å². The van der Waals surface area contributed by atoms with Crippen molar-refractivity contribution < 1.29 is 4.79 Å². The number of piperazine rings is 1. The fraction of sp³-hybridized carbons (Fsp3) is 0.538. The molecule has 0 N–H and O–H groups in total. The zero-order valence-electron chi connectivity index (χ0n) is 10.2. The molecule has 1 aliphatic carbocycles. The summed E-state index contributed by atoms with van der Waals surface area (Å²) >= 11 is 6.03. The first-order valence-corrected chi connectivity index (χ1v) is 6.76. The monoisotopic (exact) mass is 265 g/mol. The molecule has 18 heavy (non-hydrogen) atoms. The van der Waals surface area contributed by atoms with Crippen LogP contribution < -0.4 is 0 Å². The first kappa shape index (κ1) is 11.9. The van der Waals surface area contributed by atoms with Crippen LogP contribution in [0.5, 0.6) is 0 Å². The largest absolute Gasteiger partial charge is 0.336 e. The Morgan fingerprint density at radius 2 is 2.00 bits per heavy atom. The van der Waals surface area contributed by atoms with Crippen LogP contribution in [-0.2, 0) is 0 Å². The highest BCUT2D eigenvalue weighted by atomic mass is 35.5. The van der Waals surface area contributed by atoms with Gasteiger partial charge in [0.15, 0.2) is 0 Å². The molecule has 3 rings (SSSR count). The summed E-state index contributed by atoms with van der Waals surface area (Å²) in [6.07, 6.45) is 5.80. The second-order valence-electron chi connectivity index (χ2n) is 4.91. The van der Waals surface area contributed by atoms with Crippen LogP contribution in [0.1, 0.15) is 23.2 Å². The van der Waals surface area contributed by atoms with Crippen molar-refractivity contribution in [2.24, 2.45) is 0 Å². The van der Waals surface area contributed by atoms with Gasteiger partial charge in [-0.25, -0.2) is 0 Å². The SMILES string of the molecule is O=C(c1cnccc1Cl)N1CCN(C2CC2)CC1. The fourth-order valence-corrected chi connectivity index (χ4v) is 2.62. The average Bonchev–Trinajstić information content (AvgIpc) is 3.23. The number of amides is 1. The van der Waals surface area contributed by atoms with Gasteiger partial charge in [0.2, 0.25) is 0 Å². The number of carbonyl (C=O) groups is 1. The Bertz CT molecular complexity index is 453. The summed E-state index contributed by atoms with van der Waals surface area (Å²) in [7, 11) is 0. The third kappa shape index (κ3) is 2.35. The van der Waals surface area contributed by atoms with Crippen LogP contribution in [0.4, 0.5) is 0 Å². The molecule has 1 aromatic heterocycles. The molecule has 1 aromatic rings. The molecule has 4 nitrogen and oxygen atoms in total. The second kappa shape index (κ2) is 4.86. The van der Waals surface area contributed by atoms with E-state index in [1.165, 1.54) is 12.8 Å². The zero-order chi connectivity index (χ0) is 12.5. The Labute approximate surface area is 112 Å². The predicted molar refractivity (Wildman–Crippen MR) is 69.7 cm³/mol. The van der Waals surface area contributed by atoms with Crippen LogP contribution in [0.2, 0.25) is 5.02 Å². The Balaban J connectivity index is 1.65. The van der Waals surface area contributed by atoms with Gasteiger partial charge in [-0.2, -0.15) is 0 Å². The molecule has 0 spiro atoms. The Kier molecular flexibility index (Phi) is 3.22. The van der Waals surface area contributed by atoms with Crippen LogP contribution >= 0.6 is 11.6 Å². The van der Waals surface area contributed by atoms with Gasteiger partial charge in [-0.05, 0) is 18.9 Å². The van der Waals surface area contributed by atoms with Crippen molar-refractivity contribution in [3.63, 3.8) is 0 Å². The minimum atomic E-state index is 0.00328. The third-order valence-corrected chi connectivity index (χ3v) is 3.99. The first-order valence-electron chi connectivity index (χ1n) is 6.38. The van der Waals surface area contributed by atoms with Crippen molar-refractivity contribution in [3.8, 4) is 0 Å². The lowest BCUT2D eigenvalue weighted by Gasteiger charge is -2.34. The third-order valence-electron chi connectivity index (χ3n) is 3.66. The van der Waals surface area contributed by atoms with E-state index < -0.39 is 0 Å². The fourth-order valence-electron chi connectivity index (χ4n) is 2.44. The summed E-state index contributed by atoms with van der Waals surface area (Å²) in [5.41, 5.74) is 0.513. The van der Waals surface area contributed by atoms with Gasteiger partial charge in [0.05, 0.1) is 10.6 Å². The average molecular weight is 266 g/mol. The highest BCUT2D eigenvalue weighted by Gasteiger charge is 2.32. The van der Waals surface area contributed by atoms with Crippen molar-refractivity contribution in [2.45, 2.75) is 18.9 Å². The number of rotatable bonds is 2. The summed E-state index contributed by atoms with van der Waals surface area (Å²) in [6.45, 7) is 3.55. The van der Waals surface area contributed by atoms with E-state index in [9.17, 15) is 4.79 Å². The molecular formula is C13H16ClN3O. The highest BCUT2D eigenvalue weighted by Crippen LogP contribution is 2.27. The minimum absolute atomic E-state index is 0.00328. The maximum Gasteiger partial charge on any atom is 0.257 e. The normalized spacial score (nSPS) is 21.1. The molecule has 0 aromatic carbocycles. The van der Waals surface area contributed by atoms with E-state index >= 15 is 0 Å². The van der Waals surface area contributed by atoms with E-state index in [0.717, 1.165) is 32.2 Å². The number of aromatic nitrogens is 1. The molecular weight excluding hydrogens is 250 g/mol. The van der Waals surface area contributed by atoms with Crippen molar-refractivity contribution in [1.82, 2.24) is 14.8 Å². The number of hydrogen-bond acceptors (Lipinski definition) is 3. The summed E-state index contributed by atoms with van der Waals surface area (Å²) < 4.78 is 0. The molecule has 96 valence electrons. The van der Waals surface area contributed by atoms with E-state index in [0.29, 0.717) is 10.6 Å². The number of halogens is 1. The maximum absolute atomic E-state index is 12.3. The van der Waals surface area contributed by atoms with Crippen LogP contribution in [0.15, 0.2) is 18.5 Å². The summed E-state index contributed by atoms with van der Waals surface area (Å²) in [6, 6.07) is 2.44. The van der Waals surface area contributed by atoms with E-state index in [1.54, 1.807) is 18.5 Å². The molecule has 1 saturated carbocycles. The second-order valence-corrected chi connectivity index (χ2v) is 5.32. The molecule has 2 aliphatic rings. The van der Waals surface area contributed by atoms with Crippen LogP contribution in [0.3, 0.4) is 0 Å². The summed E-state index contributed by atoms with van der Waals surface area (Å²) in [5.74, 6) is 0.00328. The minimum Gasteiger partial charge on any atom is -0.336 e. The maximum atomic E-state index is 12.3. The van der Waals surface area contributed by atoms with Crippen LogP contribution in [-0.4, -0.2) is 52.9 Å². The molecule has 1 aliphatic heterocycles. The lowest BCUT2D eigenvalue weighted by atomic mass is 10.2. The lowest BCUT2D eigenvalue weighted by molar-refractivity contribution is 0.0627. The van der Waals surface area contributed by atoms with Crippen molar-refractivity contribution in [2.75, 3.05) is 26.2 Å². The van der Waals surface area contributed by atoms with Gasteiger partial charge < -0.3 is 4.90 Å². The molecule has 0 radical (unpaired) electrons. The Hall–Kier alpha value is -1.13. The van der Waals surface area contributed by atoms with Gasteiger partial charge in [-0.15, -0.1) is 0 Å². The van der Waals surface area contributed by atoms with Gasteiger partial charge in [-0.1, -0.05) is 11.6 Å². The smallest absolute Gasteiger partial charge is 0.257 e. The molecule has 0 atom stereocenters. The topological polar surface area (TPSA) is 36.4 Å². The number of pyridine rings is 1. The number of carbonyl (C=O) groups excluding carboxylic acids is 1. The summed E-state index contributed by atoms with van der Waals surface area (Å²) in [4.78, 5) is 20.6. The Morgan fingerprint density at radius 3 is 2.61 bits per heavy atom.